The van der Waals surface area contributed by atoms with Crippen LogP contribution >= 0.6 is 0 Å². The summed E-state index contributed by atoms with van der Waals surface area (Å²) in [5.41, 5.74) is 0. The summed E-state index contributed by atoms with van der Waals surface area (Å²) in [7, 11) is 0. The second kappa shape index (κ2) is 3.80. The molecule has 0 heterocycles. The van der Waals surface area contributed by atoms with E-state index < -0.39 is 5.97 Å². The van der Waals surface area contributed by atoms with Crippen LogP contribution < -0.4 is 0 Å². The molecule has 2 aliphatic rings. The number of aliphatic carboxylic acids is 1. The Bertz CT molecular complexity index is 259. The molecule has 86 valence electrons. The quantitative estimate of drug-likeness (QED) is 0.777. The van der Waals surface area contributed by atoms with Crippen molar-refractivity contribution in [2.75, 3.05) is 0 Å². The van der Waals surface area contributed by atoms with Crippen molar-refractivity contribution in [2.45, 2.75) is 40.0 Å². The predicted molar refractivity (Wildman–Crippen MR) is 59.4 cm³/mol. The first-order chi connectivity index (χ1) is 7.06. The van der Waals surface area contributed by atoms with Crippen molar-refractivity contribution in [3.63, 3.8) is 0 Å². The highest BCUT2D eigenvalue weighted by atomic mass is 16.4. The number of carboxylic acids is 1. The summed E-state index contributed by atoms with van der Waals surface area (Å²) in [5.74, 6) is 2.85. The van der Waals surface area contributed by atoms with E-state index in [0.29, 0.717) is 11.8 Å². The highest BCUT2D eigenvalue weighted by Gasteiger charge is 2.51. The lowest BCUT2D eigenvalue weighted by atomic mass is 9.70. The topological polar surface area (TPSA) is 37.3 Å². The zero-order chi connectivity index (χ0) is 11.2. The molecule has 2 nitrogen and oxygen atoms in total. The number of carboxylic acid groups (broad SMARTS) is 1. The Balaban J connectivity index is 2.11. The molecule has 0 saturated heterocycles. The number of carbonyl (C=O) groups is 1. The van der Waals surface area contributed by atoms with Gasteiger partial charge in [-0.2, -0.15) is 0 Å². The molecular weight excluding hydrogens is 188 g/mol. The maximum Gasteiger partial charge on any atom is 0.306 e. The van der Waals surface area contributed by atoms with Crippen LogP contribution in [0, 0.1) is 35.5 Å². The molecule has 2 rings (SSSR count). The molecule has 1 N–H and O–H groups in total. The highest BCUT2D eigenvalue weighted by molar-refractivity contribution is 5.70. The number of hydrogen-bond donors (Lipinski definition) is 1. The fourth-order valence-corrected chi connectivity index (χ4v) is 4.12. The van der Waals surface area contributed by atoms with Crippen molar-refractivity contribution >= 4 is 5.97 Å². The van der Waals surface area contributed by atoms with E-state index in [1.165, 1.54) is 12.8 Å². The molecule has 2 fully saturated rings. The van der Waals surface area contributed by atoms with E-state index in [1.807, 2.05) is 6.92 Å². The van der Waals surface area contributed by atoms with Gasteiger partial charge >= 0.3 is 5.97 Å². The highest BCUT2D eigenvalue weighted by Crippen LogP contribution is 2.57. The largest absolute Gasteiger partial charge is 0.481 e. The van der Waals surface area contributed by atoms with Gasteiger partial charge in [0.25, 0.3) is 0 Å². The van der Waals surface area contributed by atoms with Gasteiger partial charge in [-0.1, -0.05) is 20.8 Å². The third kappa shape index (κ3) is 1.58. The van der Waals surface area contributed by atoms with Gasteiger partial charge in [-0.25, -0.2) is 0 Å². The van der Waals surface area contributed by atoms with E-state index in [9.17, 15) is 9.90 Å². The van der Waals surface area contributed by atoms with Gasteiger partial charge in [0, 0.05) is 0 Å². The van der Waals surface area contributed by atoms with Crippen LogP contribution in [0.4, 0.5) is 0 Å². The van der Waals surface area contributed by atoms with Crippen LogP contribution in [0.3, 0.4) is 0 Å². The first kappa shape index (κ1) is 11.0. The number of hydrogen-bond acceptors (Lipinski definition) is 1. The SMILES string of the molecule is CCC(C(=O)O)C1CC2CC1C(C)C2C. The third-order valence-corrected chi connectivity index (χ3v) is 5.22. The van der Waals surface area contributed by atoms with Crippen LogP contribution in [0.1, 0.15) is 40.0 Å². The fourth-order valence-electron chi connectivity index (χ4n) is 4.12. The van der Waals surface area contributed by atoms with Crippen molar-refractivity contribution in [3.8, 4) is 0 Å². The zero-order valence-electron chi connectivity index (χ0n) is 9.94. The molecule has 0 radical (unpaired) electrons. The van der Waals surface area contributed by atoms with Crippen LogP contribution in [-0.4, -0.2) is 11.1 Å². The lowest BCUT2D eigenvalue weighted by molar-refractivity contribution is -0.145. The molecule has 0 aliphatic heterocycles. The maximum absolute atomic E-state index is 11.2. The lowest BCUT2D eigenvalue weighted by Gasteiger charge is -2.34. The van der Waals surface area contributed by atoms with E-state index in [2.05, 4.69) is 13.8 Å². The van der Waals surface area contributed by atoms with E-state index >= 15 is 0 Å². The molecule has 2 heteroatoms. The number of fused-ring (bicyclic) bond motifs is 2. The molecular formula is C13H22O2. The fraction of sp³-hybridized carbons (Fsp3) is 0.923. The summed E-state index contributed by atoms with van der Waals surface area (Å²) in [5, 5.41) is 9.21. The Morgan fingerprint density at radius 3 is 2.40 bits per heavy atom. The molecule has 2 bridgehead atoms. The second-order valence-electron chi connectivity index (χ2n) is 5.63. The molecule has 2 saturated carbocycles. The van der Waals surface area contributed by atoms with Gasteiger partial charge in [0.15, 0.2) is 0 Å². The van der Waals surface area contributed by atoms with Gasteiger partial charge < -0.3 is 5.11 Å². The lowest BCUT2D eigenvalue weighted by Crippen LogP contribution is -2.33. The van der Waals surface area contributed by atoms with Crippen molar-refractivity contribution in [1.29, 1.82) is 0 Å². The number of rotatable bonds is 3. The van der Waals surface area contributed by atoms with Gasteiger partial charge in [-0.15, -0.1) is 0 Å². The molecule has 6 unspecified atom stereocenters. The molecule has 6 atom stereocenters. The first-order valence-corrected chi connectivity index (χ1v) is 6.29. The Kier molecular flexibility index (Phi) is 2.78. The molecule has 15 heavy (non-hydrogen) atoms. The third-order valence-electron chi connectivity index (χ3n) is 5.22. The summed E-state index contributed by atoms with van der Waals surface area (Å²) < 4.78 is 0. The molecule has 0 aromatic carbocycles. The Morgan fingerprint density at radius 2 is 2.00 bits per heavy atom. The monoisotopic (exact) mass is 210 g/mol. The summed E-state index contributed by atoms with van der Waals surface area (Å²) in [6, 6.07) is 0. The Labute approximate surface area is 92.1 Å². The maximum atomic E-state index is 11.2. The van der Waals surface area contributed by atoms with Gasteiger partial charge in [0.05, 0.1) is 5.92 Å². The zero-order valence-corrected chi connectivity index (χ0v) is 9.94. The summed E-state index contributed by atoms with van der Waals surface area (Å²) in [6.07, 6.45) is 3.25. The van der Waals surface area contributed by atoms with Gasteiger partial charge in [0.1, 0.15) is 0 Å². The van der Waals surface area contributed by atoms with Crippen LogP contribution in [0.2, 0.25) is 0 Å². The Morgan fingerprint density at radius 1 is 1.33 bits per heavy atom. The van der Waals surface area contributed by atoms with E-state index in [4.69, 9.17) is 0 Å². The van der Waals surface area contributed by atoms with Crippen LogP contribution in [0.5, 0.6) is 0 Å². The standard InChI is InChI=1S/C13H22O2/c1-4-10(13(14)15)12-6-9-5-11(12)8(3)7(9)2/h7-12H,4-6H2,1-3H3,(H,14,15). The molecule has 2 aliphatic carbocycles. The minimum Gasteiger partial charge on any atom is -0.481 e. The first-order valence-electron chi connectivity index (χ1n) is 6.29. The van der Waals surface area contributed by atoms with Gasteiger partial charge in [-0.3, -0.25) is 4.79 Å². The van der Waals surface area contributed by atoms with E-state index in [-0.39, 0.29) is 5.92 Å². The average Bonchev–Trinajstić information content (AvgIpc) is 2.69. The smallest absolute Gasteiger partial charge is 0.306 e. The summed E-state index contributed by atoms with van der Waals surface area (Å²) in [6.45, 7) is 6.67. The van der Waals surface area contributed by atoms with E-state index in [1.54, 1.807) is 0 Å². The molecule has 0 amide bonds. The molecule has 0 aromatic rings. The van der Waals surface area contributed by atoms with Crippen molar-refractivity contribution in [1.82, 2.24) is 0 Å². The van der Waals surface area contributed by atoms with Gasteiger partial charge in [0.2, 0.25) is 0 Å². The Hall–Kier alpha value is -0.530. The normalized spacial score (nSPS) is 45.7. The summed E-state index contributed by atoms with van der Waals surface area (Å²) in [4.78, 5) is 11.2. The van der Waals surface area contributed by atoms with Crippen LogP contribution in [0.15, 0.2) is 0 Å². The van der Waals surface area contributed by atoms with Crippen LogP contribution in [0.25, 0.3) is 0 Å². The summed E-state index contributed by atoms with van der Waals surface area (Å²) >= 11 is 0. The molecule has 0 aromatic heterocycles. The van der Waals surface area contributed by atoms with Gasteiger partial charge in [-0.05, 0) is 48.9 Å². The van der Waals surface area contributed by atoms with E-state index in [0.717, 1.165) is 24.2 Å². The average molecular weight is 210 g/mol. The second-order valence-corrected chi connectivity index (χ2v) is 5.63. The van der Waals surface area contributed by atoms with Crippen molar-refractivity contribution in [3.05, 3.63) is 0 Å². The molecule has 0 spiro atoms. The predicted octanol–water partition coefficient (Wildman–Crippen LogP) is 3.03. The minimum atomic E-state index is -0.574. The van der Waals surface area contributed by atoms with Crippen molar-refractivity contribution in [2.24, 2.45) is 35.5 Å². The minimum absolute atomic E-state index is 0.0880. The van der Waals surface area contributed by atoms with Crippen molar-refractivity contribution < 1.29 is 9.90 Å². The van der Waals surface area contributed by atoms with Crippen LogP contribution in [-0.2, 0) is 4.79 Å².